The number of furan rings is 1. The van der Waals surface area contributed by atoms with Gasteiger partial charge in [-0.05, 0) is 25.5 Å². The molecule has 106 valence electrons. The number of nitrogens with zero attached hydrogens (tertiary/aromatic N) is 1. The van der Waals surface area contributed by atoms with Gasteiger partial charge in [0.25, 0.3) is 5.91 Å². The highest BCUT2D eigenvalue weighted by molar-refractivity contribution is 5.95. The maximum absolute atomic E-state index is 12.5. The highest BCUT2D eigenvalue weighted by Crippen LogP contribution is 2.15. The van der Waals surface area contributed by atoms with E-state index in [0.717, 1.165) is 19.4 Å². The molecule has 0 spiro atoms. The van der Waals surface area contributed by atoms with Crippen LogP contribution in [0.4, 0.5) is 0 Å². The number of rotatable bonds is 6. The van der Waals surface area contributed by atoms with Crippen molar-refractivity contribution in [2.24, 2.45) is 0 Å². The first-order valence-corrected chi connectivity index (χ1v) is 6.96. The Balaban J connectivity index is 2.06. The van der Waals surface area contributed by atoms with Gasteiger partial charge in [-0.15, -0.1) is 0 Å². The van der Waals surface area contributed by atoms with Gasteiger partial charge >= 0.3 is 0 Å². The van der Waals surface area contributed by atoms with Crippen LogP contribution in [-0.2, 0) is 6.42 Å². The SMILES string of the molecule is CCc1occc1C(=O)N(CCO)CC1CCCN1. The Bertz CT molecular complexity index is 411. The second-order valence-corrected chi connectivity index (χ2v) is 4.88. The van der Waals surface area contributed by atoms with Crippen LogP contribution >= 0.6 is 0 Å². The van der Waals surface area contributed by atoms with Gasteiger partial charge in [0.05, 0.1) is 18.4 Å². The van der Waals surface area contributed by atoms with Gasteiger partial charge in [0.15, 0.2) is 0 Å². The van der Waals surface area contributed by atoms with Gasteiger partial charge < -0.3 is 19.7 Å². The molecule has 1 unspecified atom stereocenters. The fourth-order valence-electron chi connectivity index (χ4n) is 2.55. The first-order valence-electron chi connectivity index (χ1n) is 6.96. The number of carbonyl (C=O) groups is 1. The number of aliphatic hydroxyl groups excluding tert-OH is 1. The Morgan fingerprint density at radius 2 is 2.47 bits per heavy atom. The molecule has 1 atom stereocenters. The standard InChI is InChI=1S/C14H22N2O3/c1-2-13-12(5-9-19-13)14(18)16(7-8-17)10-11-4-3-6-15-11/h5,9,11,15,17H,2-4,6-8,10H2,1H3. The van der Waals surface area contributed by atoms with E-state index in [9.17, 15) is 4.79 Å². The van der Waals surface area contributed by atoms with E-state index in [0.29, 0.717) is 36.9 Å². The first-order chi connectivity index (χ1) is 9.26. The number of hydrogen-bond acceptors (Lipinski definition) is 4. The van der Waals surface area contributed by atoms with Crippen LogP contribution in [0.15, 0.2) is 16.7 Å². The molecule has 2 N–H and O–H groups in total. The zero-order valence-corrected chi connectivity index (χ0v) is 11.4. The molecule has 1 amide bonds. The quantitative estimate of drug-likeness (QED) is 0.807. The van der Waals surface area contributed by atoms with E-state index < -0.39 is 0 Å². The molecule has 1 saturated heterocycles. The second-order valence-electron chi connectivity index (χ2n) is 4.88. The normalized spacial score (nSPS) is 18.7. The Morgan fingerprint density at radius 1 is 1.63 bits per heavy atom. The molecule has 0 radical (unpaired) electrons. The summed E-state index contributed by atoms with van der Waals surface area (Å²) in [6.07, 6.45) is 4.48. The van der Waals surface area contributed by atoms with Crippen LogP contribution in [-0.4, -0.2) is 48.2 Å². The Kier molecular flexibility index (Phi) is 4.99. The van der Waals surface area contributed by atoms with Crippen molar-refractivity contribution in [2.75, 3.05) is 26.2 Å². The predicted molar refractivity (Wildman–Crippen MR) is 72.1 cm³/mol. The molecule has 0 aliphatic carbocycles. The summed E-state index contributed by atoms with van der Waals surface area (Å²) in [5.41, 5.74) is 0.619. The summed E-state index contributed by atoms with van der Waals surface area (Å²) < 4.78 is 5.31. The minimum Gasteiger partial charge on any atom is -0.469 e. The third kappa shape index (κ3) is 3.36. The van der Waals surface area contributed by atoms with Crippen LogP contribution in [0.3, 0.4) is 0 Å². The summed E-state index contributed by atoms with van der Waals surface area (Å²) in [6, 6.07) is 2.06. The summed E-state index contributed by atoms with van der Waals surface area (Å²) in [5, 5.41) is 12.5. The predicted octanol–water partition coefficient (Wildman–Crippen LogP) is 1.03. The van der Waals surface area contributed by atoms with E-state index in [-0.39, 0.29) is 12.5 Å². The van der Waals surface area contributed by atoms with Crippen molar-refractivity contribution in [3.63, 3.8) is 0 Å². The summed E-state index contributed by atoms with van der Waals surface area (Å²) >= 11 is 0. The molecular formula is C14H22N2O3. The minimum atomic E-state index is -0.0478. The summed E-state index contributed by atoms with van der Waals surface area (Å²) in [4.78, 5) is 14.2. The van der Waals surface area contributed by atoms with Crippen molar-refractivity contribution < 1.29 is 14.3 Å². The maximum Gasteiger partial charge on any atom is 0.257 e. The molecule has 2 heterocycles. The van der Waals surface area contributed by atoms with E-state index in [4.69, 9.17) is 9.52 Å². The molecule has 1 aliphatic heterocycles. The van der Waals surface area contributed by atoms with E-state index in [1.54, 1.807) is 17.2 Å². The minimum absolute atomic E-state index is 0.0161. The zero-order chi connectivity index (χ0) is 13.7. The molecular weight excluding hydrogens is 244 g/mol. The van der Waals surface area contributed by atoms with Gasteiger partial charge in [-0.25, -0.2) is 0 Å². The smallest absolute Gasteiger partial charge is 0.257 e. The first kappa shape index (κ1) is 14.1. The van der Waals surface area contributed by atoms with Crippen LogP contribution in [0.25, 0.3) is 0 Å². The highest BCUT2D eigenvalue weighted by Gasteiger charge is 2.24. The van der Waals surface area contributed by atoms with Crippen molar-refractivity contribution in [3.8, 4) is 0 Å². The fraction of sp³-hybridized carbons (Fsp3) is 0.643. The average molecular weight is 266 g/mol. The number of aliphatic hydroxyl groups is 1. The van der Waals surface area contributed by atoms with Gasteiger partial charge in [0, 0.05) is 25.6 Å². The third-order valence-electron chi connectivity index (χ3n) is 3.56. The summed E-state index contributed by atoms with van der Waals surface area (Å²) in [7, 11) is 0. The number of hydrogen-bond donors (Lipinski definition) is 2. The highest BCUT2D eigenvalue weighted by atomic mass is 16.3. The lowest BCUT2D eigenvalue weighted by atomic mass is 10.1. The van der Waals surface area contributed by atoms with Gasteiger partial charge in [-0.1, -0.05) is 6.92 Å². The summed E-state index contributed by atoms with van der Waals surface area (Å²) in [5.74, 6) is 0.667. The monoisotopic (exact) mass is 266 g/mol. The van der Waals surface area contributed by atoms with Gasteiger partial charge in [0.1, 0.15) is 5.76 Å². The molecule has 0 saturated carbocycles. The molecule has 5 heteroatoms. The lowest BCUT2D eigenvalue weighted by Crippen LogP contribution is -2.42. The zero-order valence-electron chi connectivity index (χ0n) is 11.4. The van der Waals surface area contributed by atoms with E-state index in [2.05, 4.69) is 5.32 Å². The molecule has 2 rings (SSSR count). The van der Waals surface area contributed by atoms with Gasteiger partial charge in [0.2, 0.25) is 0 Å². The van der Waals surface area contributed by atoms with Gasteiger partial charge in [-0.2, -0.15) is 0 Å². The molecule has 1 aromatic heterocycles. The number of carbonyl (C=O) groups excluding carboxylic acids is 1. The Labute approximate surface area is 113 Å². The number of nitrogens with one attached hydrogen (secondary N) is 1. The van der Waals surface area contributed by atoms with Crippen molar-refractivity contribution in [3.05, 3.63) is 23.7 Å². The third-order valence-corrected chi connectivity index (χ3v) is 3.56. The number of aryl methyl sites for hydroxylation is 1. The average Bonchev–Trinajstić information content (AvgIpc) is 3.08. The van der Waals surface area contributed by atoms with Crippen molar-refractivity contribution in [1.29, 1.82) is 0 Å². The van der Waals surface area contributed by atoms with Crippen molar-refractivity contribution >= 4 is 5.91 Å². The van der Waals surface area contributed by atoms with Crippen LogP contribution < -0.4 is 5.32 Å². The van der Waals surface area contributed by atoms with Crippen molar-refractivity contribution in [2.45, 2.75) is 32.2 Å². The van der Waals surface area contributed by atoms with Crippen molar-refractivity contribution in [1.82, 2.24) is 10.2 Å². The molecule has 0 bridgehead atoms. The van der Waals surface area contributed by atoms with E-state index >= 15 is 0 Å². The topological polar surface area (TPSA) is 65.7 Å². The number of amides is 1. The van der Waals surface area contributed by atoms with Crippen LogP contribution in [0.1, 0.15) is 35.9 Å². The molecule has 19 heavy (non-hydrogen) atoms. The fourth-order valence-corrected chi connectivity index (χ4v) is 2.55. The van der Waals surface area contributed by atoms with Crippen LogP contribution in [0, 0.1) is 0 Å². The molecule has 1 fully saturated rings. The largest absolute Gasteiger partial charge is 0.469 e. The maximum atomic E-state index is 12.5. The Hall–Kier alpha value is -1.33. The van der Waals surface area contributed by atoms with E-state index in [1.165, 1.54) is 0 Å². The van der Waals surface area contributed by atoms with Crippen LogP contribution in [0.2, 0.25) is 0 Å². The summed E-state index contributed by atoms with van der Waals surface area (Å²) in [6.45, 7) is 3.97. The van der Waals surface area contributed by atoms with Crippen LogP contribution in [0.5, 0.6) is 0 Å². The molecule has 0 aromatic carbocycles. The second kappa shape index (κ2) is 6.73. The molecule has 1 aliphatic rings. The lowest BCUT2D eigenvalue weighted by molar-refractivity contribution is 0.0704. The molecule has 1 aromatic rings. The van der Waals surface area contributed by atoms with E-state index in [1.807, 2.05) is 6.92 Å². The molecule has 5 nitrogen and oxygen atoms in total. The lowest BCUT2D eigenvalue weighted by Gasteiger charge is -2.25. The Morgan fingerprint density at radius 3 is 3.11 bits per heavy atom. The van der Waals surface area contributed by atoms with Gasteiger partial charge in [-0.3, -0.25) is 4.79 Å².